The second kappa shape index (κ2) is 41.1. The molecule has 6 rings (SSSR count). The fraction of sp³-hybridized carbons (Fsp3) is 0.339. The van der Waals surface area contributed by atoms with Gasteiger partial charge in [0.1, 0.15) is 18.3 Å². The molecule has 0 amide bonds. The highest BCUT2D eigenvalue weighted by atomic mass is 16.5. The van der Waals surface area contributed by atoms with E-state index in [2.05, 4.69) is 124 Å². The van der Waals surface area contributed by atoms with E-state index in [9.17, 15) is 0 Å². The second-order valence-electron chi connectivity index (χ2n) is 12.3. The van der Waals surface area contributed by atoms with Crippen LogP contribution in [0.3, 0.4) is 0 Å². The zero-order valence-electron chi connectivity index (χ0n) is 41.2. The summed E-state index contributed by atoms with van der Waals surface area (Å²) in [5, 5.41) is 0. The van der Waals surface area contributed by atoms with Crippen LogP contribution < -0.4 is 4.74 Å². The van der Waals surface area contributed by atoms with Crippen molar-refractivity contribution in [1.82, 2.24) is 0 Å². The predicted molar refractivity (Wildman–Crippen MR) is 274 cm³/mol. The Hall–Kier alpha value is -5.65. The van der Waals surface area contributed by atoms with Crippen LogP contribution in [0.4, 0.5) is 0 Å². The van der Waals surface area contributed by atoms with Crippen LogP contribution in [-0.2, 0) is 30.5 Å². The summed E-state index contributed by atoms with van der Waals surface area (Å²) in [6.45, 7) is 34.4. The molecule has 6 aromatic carbocycles. The molecule has 0 saturated carbocycles. The first-order valence-electron chi connectivity index (χ1n) is 22.8. The molecule has 0 saturated heterocycles. The van der Waals surface area contributed by atoms with E-state index in [4.69, 9.17) is 9.53 Å². The Balaban J connectivity index is -0.000000858. The van der Waals surface area contributed by atoms with E-state index in [0.717, 1.165) is 48.3 Å². The Labute approximate surface area is 375 Å². The van der Waals surface area contributed by atoms with Gasteiger partial charge in [-0.15, -0.1) is 0 Å². The molecule has 0 atom stereocenters. The van der Waals surface area contributed by atoms with Gasteiger partial charge in [-0.05, 0) is 124 Å². The van der Waals surface area contributed by atoms with E-state index in [1.807, 2.05) is 151 Å². The van der Waals surface area contributed by atoms with Gasteiger partial charge in [-0.2, -0.15) is 0 Å². The smallest absolute Gasteiger partial charge is 0.127 e. The molecule has 0 unspecified atom stereocenters. The fourth-order valence-electron chi connectivity index (χ4n) is 5.09. The molecule has 0 spiro atoms. The Bertz CT molecular complexity index is 1820. The Morgan fingerprint density at radius 2 is 0.492 bits per heavy atom. The maximum absolute atomic E-state index is 8.00. The molecule has 0 radical (unpaired) electrons. The molecule has 0 fully saturated rings. The standard InChI is InChI=1S/C24H26.C22H18O.6C2H6.CH2O/c1-19-3-7-21(8-4-19)11-13-23-15-17-24(18-16-23)14-12-22-9-5-20(2)6-10-22;1-17-3-7-19(8-4-17)9-10-20-11-15-22(16-12-20)23-21-13-5-18(2)6-14-21;7*1-2/h3-10,15-18H,11-14H2,1-2H3;3-8,11-16H,1-2H3;6*1-2H3;1H2. The zero-order chi connectivity index (χ0) is 46.8. The van der Waals surface area contributed by atoms with Crippen molar-refractivity contribution in [3.05, 3.63) is 201 Å². The normalized spacial score (nSPS) is 8.59. The van der Waals surface area contributed by atoms with Crippen molar-refractivity contribution in [3.63, 3.8) is 0 Å². The number of aryl methyl sites for hydroxylation is 8. The maximum Gasteiger partial charge on any atom is 0.127 e. The lowest BCUT2D eigenvalue weighted by Gasteiger charge is -2.06. The van der Waals surface area contributed by atoms with E-state index < -0.39 is 0 Å². The second-order valence-corrected chi connectivity index (χ2v) is 12.3. The van der Waals surface area contributed by atoms with E-state index >= 15 is 0 Å². The first-order chi connectivity index (χ1) is 29.9. The minimum absolute atomic E-state index is 0.815. The lowest BCUT2D eigenvalue weighted by atomic mass is 10.00. The summed E-state index contributed by atoms with van der Waals surface area (Å²) in [5.74, 6) is 8.00. The lowest BCUT2D eigenvalue weighted by Crippen LogP contribution is -1.94. The topological polar surface area (TPSA) is 26.3 Å². The molecule has 0 heterocycles. The highest BCUT2D eigenvalue weighted by Crippen LogP contribution is 2.22. The summed E-state index contributed by atoms with van der Waals surface area (Å²) in [7, 11) is 0. The van der Waals surface area contributed by atoms with Gasteiger partial charge in [-0.25, -0.2) is 0 Å². The molecule has 0 aliphatic carbocycles. The minimum atomic E-state index is 0.815. The molecule has 0 N–H and O–H groups in total. The number of hydrogen-bond donors (Lipinski definition) is 0. The van der Waals surface area contributed by atoms with Crippen molar-refractivity contribution in [3.8, 4) is 23.3 Å². The monoisotopic (exact) mass is 823 g/mol. The summed E-state index contributed by atoms with van der Waals surface area (Å²) in [4.78, 5) is 8.00. The van der Waals surface area contributed by atoms with Crippen LogP contribution >= 0.6 is 0 Å². The maximum atomic E-state index is 8.00. The van der Waals surface area contributed by atoms with Gasteiger partial charge >= 0.3 is 0 Å². The van der Waals surface area contributed by atoms with Gasteiger partial charge in [0.05, 0.1) is 0 Å². The quantitative estimate of drug-likeness (QED) is 0.143. The van der Waals surface area contributed by atoms with Crippen molar-refractivity contribution in [2.24, 2.45) is 0 Å². The minimum Gasteiger partial charge on any atom is -0.457 e. The van der Waals surface area contributed by atoms with Gasteiger partial charge in [0.25, 0.3) is 0 Å². The van der Waals surface area contributed by atoms with Crippen molar-refractivity contribution in [2.45, 2.75) is 136 Å². The van der Waals surface area contributed by atoms with Crippen LogP contribution in [0.5, 0.6) is 11.5 Å². The van der Waals surface area contributed by atoms with Crippen LogP contribution in [-0.4, -0.2) is 6.79 Å². The summed E-state index contributed by atoms with van der Waals surface area (Å²) in [6, 6.07) is 51.0. The van der Waals surface area contributed by atoms with E-state index in [-0.39, 0.29) is 0 Å². The Morgan fingerprint density at radius 3 is 0.754 bits per heavy atom. The number of ether oxygens (including phenoxy) is 1. The Kier molecular flexibility index (Phi) is 40.2. The molecule has 0 aromatic heterocycles. The fourth-order valence-corrected chi connectivity index (χ4v) is 5.09. The van der Waals surface area contributed by atoms with Gasteiger partial charge in [0, 0.05) is 11.1 Å². The van der Waals surface area contributed by atoms with E-state index in [1.165, 1.54) is 44.5 Å². The van der Waals surface area contributed by atoms with E-state index in [1.54, 1.807) is 0 Å². The van der Waals surface area contributed by atoms with Crippen LogP contribution in [0.15, 0.2) is 146 Å². The third-order valence-electron chi connectivity index (χ3n) is 8.18. The number of rotatable bonds is 8. The van der Waals surface area contributed by atoms with Gasteiger partial charge in [0.15, 0.2) is 0 Å². The van der Waals surface area contributed by atoms with Crippen molar-refractivity contribution in [1.29, 1.82) is 0 Å². The summed E-state index contributed by atoms with van der Waals surface area (Å²) < 4.78 is 5.82. The van der Waals surface area contributed by atoms with E-state index in [0.29, 0.717) is 0 Å². The highest BCUT2D eigenvalue weighted by molar-refractivity contribution is 5.45. The number of carbonyl (C=O) groups is 1. The third kappa shape index (κ3) is 27.7. The van der Waals surface area contributed by atoms with Crippen LogP contribution in [0.1, 0.15) is 139 Å². The van der Waals surface area contributed by atoms with Crippen molar-refractivity contribution >= 4 is 6.79 Å². The molecule has 61 heavy (non-hydrogen) atoms. The summed E-state index contributed by atoms with van der Waals surface area (Å²) in [5.41, 5.74) is 12.8. The lowest BCUT2D eigenvalue weighted by molar-refractivity contribution is -0.0980. The molecule has 2 heteroatoms. The SMILES string of the molecule is C=O.CC.CC.CC.CC.CC.CC.Cc1ccc(C#Cc2ccc(Oc3ccc(C)cc3)cc2)cc1.Cc1ccc(CCc2ccc(CCc3ccc(C)cc3)cc2)cc1. The average molecular weight is 823 g/mol. The van der Waals surface area contributed by atoms with Crippen molar-refractivity contribution < 1.29 is 9.53 Å². The van der Waals surface area contributed by atoms with Gasteiger partial charge in [0.2, 0.25) is 0 Å². The van der Waals surface area contributed by atoms with Crippen molar-refractivity contribution in [2.75, 3.05) is 0 Å². The molecule has 0 bridgehead atoms. The predicted octanol–water partition coefficient (Wildman–Crippen LogP) is 17.3. The first-order valence-corrected chi connectivity index (χ1v) is 22.8. The third-order valence-corrected chi connectivity index (χ3v) is 8.18. The summed E-state index contributed by atoms with van der Waals surface area (Å²) in [6.07, 6.45) is 4.45. The molecular formula is C59H82O2. The Morgan fingerprint density at radius 1 is 0.311 bits per heavy atom. The molecule has 6 aromatic rings. The number of carbonyl (C=O) groups excluding carboxylic acids is 1. The molecule has 2 nitrogen and oxygen atoms in total. The molecular weight excluding hydrogens is 741 g/mol. The molecule has 0 aliphatic rings. The van der Waals surface area contributed by atoms with Gasteiger partial charge < -0.3 is 9.53 Å². The van der Waals surface area contributed by atoms with Crippen LogP contribution in [0.25, 0.3) is 0 Å². The average Bonchev–Trinajstić information content (AvgIpc) is 3.35. The summed E-state index contributed by atoms with van der Waals surface area (Å²) >= 11 is 0. The molecule has 0 aliphatic heterocycles. The largest absolute Gasteiger partial charge is 0.457 e. The van der Waals surface area contributed by atoms with Gasteiger partial charge in [-0.1, -0.05) is 214 Å². The van der Waals surface area contributed by atoms with Crippen LogP contribution in [0.2, 0.25) is 0 Å². The number of hydrogen-bond acceptors (Lipinski definition) is 2. The van der Waals surface area contributed by atoms with Gasteiger partial charge in [-0.3, -0.25) is 0 Å². The first kappa shape index (κ1) is 59.7. The zero-order valence-corrected chi connectivity index (χ0v) is 41.2. The number of benzene rings is 6. The highest BCUT2D eigenvalue weighted by Gasteiger charge is 2.00. The van der Waals surface area contributed by atoms with Crippen LogP contribution in [0, 0.1) is 39.5 Å². The molecule has 330 valence electrons.